The lowest BCUT2D eigenvalue weighted by atomic mass is 9.96. The summed E-state index contributed by atoms with van der Waals surface area (Å²) in [7, 11) is 3.10. The predicted octanol–water partition coefficient (Wildman–Crippen LogP) is 2.30. The molecule has 0 aromatic heterocycles. The van der Waals surface area contributed by atoms with Crippen LogP contribution in [0.1, 0.15) is 24.2 Å². The van der Waals surface area contributed by atoms with Gasteiger partial charge in [-0.1, -0.05) is 12.1 Å². The minimum Gasteiger partial charge on any atom is -0.497 e. The molecule has 0 bridgehead atoms. The van der Waals surface area contributed by atoms with Gasteiger partial charge >= 0.3 is 0 Å². The molecule has 0 aliphatic carbocycles. The van der Waals surface area contributed by atoms with Gasteiger partial charge in [-0.3, -0.25) is 4.79 Å². The van der Waals surface area contributed by atoms with E-state index in [2.05, 4.69) is 0 Å². The molecular formula is C12H16O3. The van der Waals surface area contributed by atoms with Crippen LogP contribution in [-0.4, -0.2) is 25.6 Å². The largest absolute Gasteiger partial charge is 0.497 e. The highest BCUT2D eigenvalue weighted by Crippen LogP contribution is 2.19. The van der Waals surface area contributed by atoms with Gasteiger partial charge < -0.3 is 9.47 Å². The summed E-state index contributed by atoms with van der Waals surface area (Å²) < 4.78 is 10.2. The summed E-state index contributed by atoms with van der Waals surface area (Å²) in [6.07, 6.45) is 0. The molecule has 0 radical (unpaired) electrons. The minimum atomic E-state index is -0.799. The van der Waals surface area contributed by atoms with E-state index < -0.39 is 5.60 Å². The summed E-state index contributed by atoms with van der Waals surface area (Å²) in [5.74, 6) is 0.622. The van der Waals surface area contributed by atoms with Crippen LogP contribution in [0, 0.1) is 0 Å². The highest BCUT2D eigenvalue weighted by atomic mass is 16.5. The van der Waals surface area contributed by atoms with Gasteiger partial charge in [-0.2, -0.15) is 0 Å². The molecule has 1 rings (SSSR count). The van der Waals surface area contributed by atoms with Crippen molar-refractivity contribution in [3.05, 3.63) is 29.8 Å². The van der Waals surface area contributed by atoms with Crippen LogP contribution in [0.3, 0.4) is 0 Å². The average molecular weight is 208 g/mol. The molecule has 0 saturated carbocycles. The molecule has 0 fully saturated rings. The quantitative estimate of drug-likeness (QED) is 0.712. The maximum absolute atomic E-state index is 12.0. The summed E-state index contributed by atoms with van der Waals surface area (Å²) in [6, 6.07) is 7.06. The molecule has 3 nitrogen and oxygen atoms in total. The van der Waals surface area contributed by atoms with Crippen LogP contribution in [-0.2, 0) is 4.74 Å². The summed E-state index contributed by atoms with van der Waals surface area (Å²) in [5, 5.41) is 0. The average Bonchev–Trinajstić information content (AvgIpc) is 2.28. The van der Waals surface area contributed by atoms with E-state index >= 15 is 0 Å². The van der Waals surface area contributed by atoms with Crippen LogP contribution in [0.2, 0.25) is 0 Å². The maximum Gasteiger partial charge on any atom is 0.194 e. The lowest BCUT2D eigenvalue weighted by Crippen LogP contribution is -2.33. The van der Waals surface area contributed by atoms with E-state index in [0.717, 1.165) is 0 Å². The Morgan fingerprint density at radius 3 is 2.47 bits per heavy atom. The predicted molar refractivity (Wildman–Crippen MR) is 58.4 cm³/mol. The van der Waals surface area contributed by atoms with Gasteiger partial charge in [-0.25, -0.2) is 0 Å². The Balaban J connectivity index is 3.01. The third-order valence-electron chi connectivity index (χ3n) is 2.39. The van der Waals surface area contributed by atoms with Crippen molar-refractivity contribution in [1.82, 2.24) is 0 Å². The van der Waals surface area contributed by atoms with E-state index in [0.29, 0.717) is 11.3 Å². The maximum atomic E-state index is 12.0. The van der Waals surface area contributed by atoms with Crippen molar-refractivity contribution in [3.8, 4) is 5.75 Å². The molecule has 0 heterocycles. The van der Waals surface area contributed by atoms with Crippen LogP contribution >= 0.6 is 0 Å². The fourth-order valence-electron chi connectivity index (χ4n) is 1.20. The molecule has 1 aromatic rings. The van der Waals surface area contributed by atoms with Gasteiger partial charge in [0.25, 0.3) is 0 Å². The topological polar surface area (TPSA) is 35.5 Å². The van der Waals surface area contributed by atoms with Crippen LogP contribution in [0.4, 0.5) is 0 Å². The number of Topliss-reactive ketones (excluding diaryl/α,β-unsaturated/α-hetero) is 1. The minimum absolute atomic E-state index is 0.0519. The van der Waals surface area contributed by atoms with E-state index in [1.165, 1.54) is 7.11 Å². The fraction of sp³-hybridized carbons (Fsp3) is 0.417. The zero-order valence-corrected chi connectivity index (χ0v) is 9.53. The van der Waals surface area contributed by atoms with Crippen LogP contribution < -0.4 is 4.74 Å². The summed E-state index contributed by atoms with van der Waals surface area (Å²) in [6.45, 7) is 3.49. The molecule has 15 heavy (non-hydrogen) atoms. The molecule has 0 aliphatic heterocycles. The Morgan fingerprint density at radius 2 is 1.93 bits per heavy atom. The molecule has 0 aliphatic rings. The van der Waals surface area contributed by atoms with Gasteiger partial charge in [0, 0.05) is 12.7 Å². The number of rotatable bonds is 4. The molecule has 0 atom stereocenters. The van der Waals surface area contributed by atoms with Crippen molar-refractivity contribution in [2.24, 2.45) is 0 Å². The molecule has 3 heteroatoms. The molecule has 0 unspecified atom stereocenters. The number of methoxy groups -OCH3 is 2. The number of hydrogen-bond acceptors (Lipinski definition) is 3. The third kappa shape index (κ3) is 2.57. The van der Waals surface area contributed by atoms with Crippen molar-refractivity contribution in [2.45, 2.75) is 19.4 Å². The molecule has 0 spiro atoms. The molecule has 0 amide bonds. The van der Waals surface area contributed by atoms with Crippen molar-refractivity contribution in [1.29, 1.82) is 0 Å². The monoisotopic (exact) mass is 208 g/mol. The van der Waals surface area contributed by atoms with Crippen molar-refractivity contribution in [3.63, 3.8) is 0 Å². The number of benzene rings is 1. The zero-order valence-electron chi connectivity index (χ0n) is 9.53. The number of ether oxygens (including phenoxy) is 2. The van der Waals surface area contributed by atoms with Crippen molar-refractivity contribution in [2.75, 3.05) is 14.2 Å². The molecule has 1 aromatic carbocycles. The van der Waals surface area contributed by atoms with Crippen LogP contribution in [0.15, 0.2) is 24.3 Å². The molecular weight excluding hydrogens is 192 g/mol. The van der Waals surface area contributed by atoms with E-state index in [1.54, 1.807) is 45.2 Å². The Bertz CT molecular complexity index is 356. The van der Waals surface area contributed by atoms with Crippen LogP contribution in [0.25, 0.3) is 0 Å². The van der Waals surface area contributed by atoms with E-state index in [-0.39, 0.29) is 5.78 Å². The third-order valence-corrected chi connectivity index (χ3v) is 2.39. The van der Waals surface area contributed by atoms with Gasteiger partial charge in [-0.15, -0.1) is 0 Å². The number of carbonyl (C=O) groups is 1. The first-order valence-corrected chi connectivity index (χ1v) is 4.75. The Labute approximate surface area is 90.0 Å². The Hall–Kier alpha value is -1.35. The van der Waals surface area contributed by atoms with E-state index in [9.17, 15) is 4.79 Å². The van der Waals surface area contributed by atoms with Gasteiger partial charge in [0.05, 0.1) is 7.11 Å². The second kappa shape index (κ2) is 4.45. The zero-order chi connectivity index (χ0) is 11.5. The lowest BCUT2D eigenvalue weighted by Gasteiger charge is -2.21. The first kappa shape index (κ1) is 11.7. The summed E-state index contributed by atoms with van der Waals surface area (Å²) in [5.41, 5.74) is -0.201. The number of carbonyl (C=O) groups excluding carboxylic acids is 1. The van der Waals surface area contributed by atoms with Gasteiger partial charge in [0.2, 0.25) is 0 Å². The lowest BCUT2D eigenvalue weighted by molar-refractivity contribution is 0.0228. The van der Waals surface area contributed by atoms with Crippen LogP contribution in [0.5, 0.6) is 5.75 Å². The normalized spacial score (nSPS) is 11.2. The first-order chi connectivity index (χ1) is 7.01. The molecule has 0 N–H and O–H groups in total. The highest BCUT2D eigenvalue weighted by molar-refractivity contribution is 6.02. The second-order valence-electron chi connectivity index (χ2n) is 3.78. The number of hydrogen-bond donors (Lipinski definition) is 0. The van der Waals surface area contributed by atoms with Gasteiger partial charge in [0.1, 0.15) is 11.4 Å². The Morgan fingerprint density at radius 1 is 1.27 bits per heavy atom. The van der Waals surface area contributed by atoms with E-state index in [4.69, 9.17) is 9.47 Å². The smallest absolute Gasteiger partial charge is 0.194 e. The second-order valence-corrected chi connectivity index (χ2v) is 3.78. The van der Waals surface area contributed by atoms with Gasteiger partial charge in [0.15, 0.2) is 5.78 Å². The fourth-order valence-corrected chi connectivity index (χ4v) is 1.20. The van der Waals surface area contributed by atoms with Crippen molar-refractivity contribution >= 4 is 5.78 Å². The standard InChI is InChI=1S/C12H16O3/c1-12(2,15-4)11(13)9-6-5-7-10(8-9)14-3/h5-8H,1-4H3. The summed E-state index contributed by atoms with van der Waals surface area (Å²) >= 11 is 0. The molecule has 82 valence electrons. The number of ketones is 1. The van der Waals surface area contributed by atoms with E-state index in [1.807, 2.05) is 0 Å². The Kier molecular flexibility index (Phi) is 3.48. The van der Waals surface area contributed by atoms with Gasteiger partial charge in [-0.05, 0) is 26.0 Å². The highest BCUT2D eigenvalue weighted by Gasteiger charge is 2.28. The van der Waals surface area contributed by atoms with Crippen molar-refractivity contribution < 1.29 is 14.3 Å². The first-order valence-electron chi connectivity index (χ1n) is 4.75. The molecule has 0 saturated heterocycles. The summed E-state index contributed by atoms with van der Waals surface area (Å²) in [4.78, 5) is 12.0. The SMILES string of the molecule is COc1cccc(C(=O)C(C)(C)OC)c1.